The standard InChI is InChI=1S/C12H17N5O2S/c1-2-13-10-7-17-5-4-14-12(17)11(16-10)15-9-3-6-20(18,19)8-9/h4-5,7,9,13H,2-3,6,8H2,1H3,(H,15,16). The second-order valence-corrected chi connectivity index (χ2v) is 7.14. The van der Waals surface area contributed by atoms with Crippen molar-refractivity contribution in [2.75, 3.05) is 28.7 Å². The molecule has 0 aliphatic carbocycles. The van der Waals surface area contributed by atoms with Gasteiger partial charge in [0.05, 0.1) is 17.7 Å². The summed E-state index contributed by atoms with van der Waals surface area (Å²) in [6.45, 7) is 2.76. The number of hydrogen-bond acceptors (Lipinski definition) is 6. The van der Waals surface area contributed by atoms with E-state index in [9.17, 15) is 8.42 Å². The van der Waals surface area contributed by atoms with E-state index in [0.717, 1.165) is 12.4 Å². The molecule has 1 aliphatic heterocycles. The molecule has 0 saturated carbocycles. The van der Waals surface area contributed by atoms with E-state index in [1.807, 2.05) is 23.7 Å². The highest BCUT2D eigenvalue weighted by Gasteiger charge is 2.28. The van der Waals surface area contributed by atoms with Crippen molar-refractivity contribution >= 4 is 27.1 Å². The summed E-state index contributed by atoms with van der Waals surface area (Å²) in [6.07, 6.45) is 6.02. The van der Waals surface area contributed by atoms with Crippen molar-refractivity contribution in [2.24, 2.45) is 0 Å². The first-order valence-electron chi connectivity index (χ1n) is 6.62. The number of imidazole rings is 1. The lowest BCUT2D eigenvalue weighted by Gasteiger charge is -2.14. The van der Waals surface area contributed by atoms with Crippen LogP contribution in [0.2, 0.25) is 0 Å². The monoisotopic (exact) mass is 295 g/mol. The molecule has 1 fully saturated rings. The zero-order valence-electron chi connectivity index (χ0n) is 11.2. The Morgan fingerprint density at radius 1 is 1.50 bits per heavy atom. The fourth-order valence-electron chi connectivity index (χ4n) is 2.40. The van der Waals surface area contributed by atoms with E-state index in [1.54, 1.807) is 6.20 Å². The van der Waals surface area contributed by atoms with Crippen LogP contribution in [0.1, 0.15) is 13.3 Å². The molecule has 3 heterocycles. The number of aromatic nitrogens is 3. The van der Waals surface area contributed by atoms with Crippen molar-refractivity contribution in [2.45, 2.75) is 19.4 Å². The van der Waals surface area contributed by atoms with Crippen LogP contribution < -0.4 is 10.6 Å². The molecule has 108 valence electrons. The third-order valence-electron chi connectivity index (χ3n) is 3.31. The predicted octanol–water partition coefficient (Wildman–Crippen LogP) is 0.760. The summed E-state index contributed by atoms with van der Waals surface area (Å²) < 4.78 is 24.9. The van der Waals surface area contributed by atoms with Crippen molar-refractivity contribution in [3.05, 3.63) is 18.6 Å². The van der Waals surface area contributed by atoms with E-state index in [-0.39, 0.29) is 17.5 Å². The Hall–Kier alpha value is -1.83. The highest BCUT2D eigenvalue weighted by molar-refractivity contribution is 7.91. The Bertz CT molecular complexity index is 725. The molecule has 1 aliphatic rings. The van der Waals surface area contributed by atoms with Gasteiger partial charge >= 0.3 is 0 Å². The summed E-state index contributed by atoms with van der Waals surface area (Å²) in [4.78, 5) is 8.73. The van der Waals surface area contributed by atoms with Gasteiger partial charge in [-0.25, -0.2) is 18.4 Å². The largest absolute Gasteiger partial charge is 0.369 e. The molecule has 0 bridgehead atoms. The van der Waals surface area contributed by atoms with E-state index < -0.39 is 9.84 Å². The lowest BCUT2D eigenvalue weighted by molar-refractivity contribution is 0.602. The molecule has 20 heavy (non-hydrogen) atoms. The number of rotatable bonds is 4. The average molecular weight is 295 g/mol. The van der Waals surface area contributed by atoms with Crippen LogP contribution in [-0.2, 0) is 9.84 Å². The van der Waals surface area contributed by atoms with Crippen molar-refractivity contribution in [1.29, 1.82) is 0 Å². The van der Waals surface area contributed by atoms with Crippen LogP contribution in [0.5, 0.6) is 0 Å². The fraction of sp³-hybridized carbons (Fsp3) is 0.500. The van der Waals surface area contributed by atoms with Gasteiger partial charge in [0, 0.05) is 25.0 Å². The SMILES string of the molecule is CCNc1cn2ccnc2c(NC2CCS(=O)(=O)C2)n1. The van der Waals surface area contributed by atoms with Crippen LogP contribution in [-0.4, -0.2) is 46.9 Å². The lowest BCUT2D eigenvalue weighted by Crippen LogP contribution is -2.22. The summed E-state index contributed by atoms with van der Waals surface area (Å²) >= 11 is 0. The number of sulfone groups is 1. The predicted molar refractivity (Wildman–Crippen MR) is 77.8 cm³/mol. The minimum atomic E-state index is -2.91. The fourth-order valence-corrected chi connectivity index (χ4v) is 4.07. The maximum absolute atomic E-state index is 11.5. The maximum Gasteiger partial charge on any atom is 0.180 e. The Labute approximate surface area is 117 Å². The lowest BCUT2D eigenvalue weighted by atomic mass is 10.2. The topological polar surface area (TPSA) is 88.4 Å². The molecule has 0 radical (unpaired) electrons. The van der Waals surface area contributed by atoms with Gasteiger partial charge in [0.25, 0.3) is 0 Å². The Kier molecular flexibility index (Phi) is 3.25. The molecule has 0 aromatic carbocycles. The average Bonchev–Trinajstić information content (AvgIpc) is 2.96. The molecule has 1 atom stereocenters. The molecule has 7 nitrogen and oxygen atoms in total. The summed E-state index contributed by atoms with van der Waals surface area (Å²) in [5.41, 5.74) is 0.705. The van der Waals surface area contributed by atoms with Crippen LogP contribution in [0, 0.1) is 0 Å². The van der Waals surface area contributed by atoms with Gasteiger partial charge in [0.1, 0.15) is 5.82 Å². The number of anilines is 2. The van der Waals surface area contributed by atoms with Crippen molar-refractivity contribution in [1.82, 2.24) is 14.4 Å². The summed E-state index contributed by atoms with van der Waals surface area (Å²) in [5.74, 6) is 1.76. The highest BCUT2D eigenvalue weighted by atomic mass is 32.2. The first kappa shape index (κ1) is 13.2. The number of nitrogens with zero attached hydrogens (tertiary/aromatic N) is 3. The molecule has 1 unspecified atom stereocenters. The van der Waals surface area contributed by atoms with E-state index in [1.165, 1.54) is 0 Å². The summed E-state index contributed by atoms with van der Waals surface area (Å²) in [5, 5.41) is 6.36. The summed E-state index contributed by atoms with van der Waals surface area (Å²) in [6, 6.07) is -0.0927. The Morgan fingerprint density at radius 2 is 2.35 bits per heavy atom. The van der Waals surface area contributed by atoms with Crippen molar-refractivity contribution in [3.8, 4) is 0 Å². The molecule has 8 heteroatoms. The van der Waals surface area contributed by atoms with Gasteiger partial charge in [-0.2, -0.15) is 0 Å². The Morgan fingerprint density at radius 3 is 3.05 bits per heavy atom. The third kappa shape index (κ3) is 2.55. The van der Waals surface area contributed by atoms with Gasteiger partial charge in [-0.05, 0) is 13.3 Å². The van der Waals surface area contributed by atoms with E-state index >= 15 is 0 Å². The Balaban J connectivity index is 1.91. The minimum Gasteiger partial charge on any atom is -0.369 e. The highest BCUT2D eigenvalue weighted by Crippen LogP contribution is 2.21. The molecular formula is C12H17N5O2S. The second kappa shape index (κ2) is 4.93. The summed E-state index contributed by atoms with van der Waals surface area (Å²) in [7, 11) is -2.91. The maximum atomic E-state index is 11.5. The van der Waals surface area contributed by atoms with Gasteiger partial charge in [-0.15, -0.1) is 0 Å². The third-order valence-corrected chi connectivity index (χ3v) is 5.07. The number of nitrogens with one attached hydrogen (secondary N) is 2. The first-order chi connectivity index (χ1) is 9.57. The quantitative estimate of drug-likeness (QED) is 0.866. The second-order valence-electron chi connectivity index (χ2n) is 4.91. The van der Waals surface area contributed by atoms with Gasteiger partial charge in [0.2, 0.25) is 0 Å². The molecule has 2 aromatic rings. The van der Waals surface area contributed by atoms with Crippen LogP contribution in [0.25, 0.3) is 5.65 Å². The van der Waals surface area contributed by atoms with Crippen LogP contribution >= 0.6 is 0 Å². The molecular weight excluding hydrogens is 278 g/mol. The molecule has 0 amide bonds. The molecule has 2 aromatic heterocycles. The smallest absolute Gasteiger partial charge is 0.180 e. The zero-order chi connectivity index (χ0) is 14.2. The van der Waals surface area contributed by atoms with Crippen LogP contribution in [0.4, 0.5) is 11.6 Å². The zero-order valence-corrected chi connectivity index (χ0v) is 12.0. The van der Waals surface area contributed by atoms with Crippen LogP contribution in [0.15, 0.2) is 18.6 Å². The van der Waals surface area contributed by atoms with Crippen molar-refractivity contribution in [3.63, 3.8) is 0 Å². The number of fused-ring (bicyclic) bond motifs is 1. The normalized spacial score (nSPS) is 21.1. The van der Waals surface area contributed by atoms with Gasteiger partial charge in [0.15, 0.2) is 21.3 Å². The molecule has 0 spiro atoms. The van der Waals surface area contributed by atoms with Gasteiger partial charge in [-0.1, -0.05) is 0 Å². The van der Waals surface area contributed by atoms with E-state index in [2.05, 4.69) is 20.6 Å². The molecule has 3 rings (SSSR count). The van der Waals surface area contributed by atoms with E-state index in [0.29, 0.717) is 17.9 Å². The first-order valence-corrected chi connectivity index (χ1v) is 8.44. The van der Waals surface area contributed by atoms with E-state index in [4.69, 9.17) is 0 Å². The molecule has 1 saturated heterocycles. The van der Waals surface area contributed by atoms with Crippen LogP contribution in [0.3, 0.4) is 0 Å². The number of hydrogen-bond donors (Lipinski definition) is 2. The minimum absolute atomic E-state index is 0.0927. The molecule has 2 N–H and O–H groups in total. The van der Waals surface area contributed by atoms with Crippen molar-refractivity contribution < 1.29 is 8.42 Å². The van der Waals surface area contributed by atoms with Gasteiger partial charge in [-0.3, -0.25) is 0 Å². The van der Waals surface area contributed by atoms with Gasteiger partial charge < -0.3 is 15.0 Å².